The number of allylic oxidation sites excluding steroid dienone is 1. The minimum atomic E-state index is 0.194. The standard InChI is InChI=1S/C9H15NO/c1-7-5-4-6-8(7)9(11)10(2)3/h4-6H2,1-3H3. The van der Waals surface area contributed by atoms with Gasteiger partial charge in [-0.05, 0) is 26.2 Å². The van der Waals surface area contributed by atoms with Gasteiger partial charge in [-0.25, -0.2) is 0 Å². The fourth-order valence-electron chi connectivity index (χ4n) is 1.45. The molecule has 0 saturated heterocycles. The van der Waals surface area contributed by atoms with Crippen LogP contribution in [0.4, 0.5) is 0 Å². The van der Waals surface area contributed by atoms with Crippen LogP contribution in [0.5, 0.6) is 0 Å². The van der Waals surface area contributed by atoms with E-state index in [1.54, 1.807) is 19.0 Å². The van der Waals surface area contributed by atoms with Crippen molar-refractivity contribution in [1.82, 2.24) is 4.90 Å². The molecule has 0 spiro atoms. The highest BCUT2D eigenvalue weighted by Crippen LogP contribution is 2.26. The zero-order chi connectivity index (χ0) is 8.43. The summed E-state index contributed by atoms with van der Waals surface area (Å²) in [7, 11) is 3.61. The third-order valence-electron chi connectivity index (χ3n) is 2.16. The summed E-state index contributed by atoms with van der Waals surface area (Å²) in [4.78, 5) is 13.1. The maximum absolute atomic E-state index is 11.4. The van der Waals surface area contributed by atoms with Crippen molar-refractivity contribution in [1.29, 1.82) is 0 Å². The van der Waals surface area contributed by atoms with E-state index in [1.165, 1.54) is 5.57 Å². The van der Waals surface area contributed by atoms with Gasteiger partial charge < -0.3 is 4.90 Å². The summed E-state index contributed by atoms with van der Waals surface area (Å²) in [5.74, 6) is 0.194. The summed E-state index contributed by atoms with van der Waals surface area (Å²) in [6, 6.07) is 0. The van der Waals surface area contributed by atoms with Gasteiger partial charge >= 0.3 is 0 Å². The van der Waals surface area contributed by atoms with Gasteiger partial charge in [0.25, 0.3) is 0 Å². The Balaban J connectivity index is 2.74. The third-order valence-corrected chi connectivity index (χ3v) is 2.16. The van der Waals surface area contributed by atoms with E-state index in [-0.39, 0.29) is 5.91 Å². The van der Waals surface area contributed by atoms with Gasteiger partial charge in [0.1, 0.15) is 0 Å². The summed E-state index contributed by atoms with van der Waals surface area (Å²) >= 11 is 0. The van der Waals surface area contributed by atoms with Gasteiger partial charge in [0.2, 0.25) is 5.91 Å². The van der Waals surface area contributed by atoms with Gasteiger partial charge in [-0.1, -0.05) is 5.57 Å². The molecule has 0 unspecified atom stereocenters. The van der Waals surface area contributed by atoms with E-state index < -0.39 is 0 Å². The lowest BCUT2D eigenvalue weighted by atomic mass is 10.1. The molecule has 0 radical (unpaired) electrons. The van der Waals surface area contributed by atoms with Crippen molar-refractivity contribution >= 4 is 5.91 Å². The highest BCUT2D eigenvalue weighted by molar-refractivity contribution is 5.94. The van der Waals surface area contributed by atoms with Crippen molar-refractivity contribution < 1.29 is 4.79 Å². The Labute approximate surface area is 67.9 Å². The Morgan fingerprint density at radius 2 is 2.00 bits per heavy atom. The van der Waals surface area contributed by atoms with Crippen LogP contribution in [-0.2, 0) is 4.79 Å². The Morgan fingerprint density at radius 3 is 2.36 bits per heavy atom. The fraction of sp³-hybridized carbons (Fsp3) is 0.667. The first kappa shape index (κ1) is 8.31. The molecule has 0 aromatic carbocycles. The van der Waals surface area contributed by atoms with Gasteiger partial charge in [-0.2, -0.15) is 0 Å². The lowest BCUT2D eigenvalue weighted by Gasteiger charge is -2.11. The molecule has 0 aromatic heterocycles. The largest absolute Gasteiger partial charge is 0.345 e. The second-order valence-electron chi connectivity index (χ2n) is 3.31. The minimum absolute atomic E-state index is 0.194. The van der Waals surface area contributed by atoms with E-state index in [4.69, 9.17) is 0 Å². The minimum Gasteiger partial charge on any atom is -0.345 e. The molecule has 1 rings (SSSR count). The molecular weight excluding hydrogens is 138 g/mol. The molecule has 1 aliphatic carbocycles. The van der Waals surface area contributed by atoms with Crippen molar-refractivity contribution in [2.45, 2.75) is 26.2 Å². The molecule has 0 saturated carbocycles. The fourth-order valence-corrected chi connectivity index (χ4v) is 1.45. The SMILES string of the molecule is CC1=C(C(=O)N(C)C)CCC1. The highest BCUT2D eigenvalue weighted by atomic mass is 16.2. The van der Waals surface area contributed by atoms with Crippen LogP contribution in [0.3, 0.4) is 0 Å². The molecule has 1 aliphatic rings. The van der Waals surface area contributed by atoms with Crippen LogP contribution in [0, 0.1) is 0 Å². The lowest BCUT2D eigenvalue weighted by Crippen LogP contribution is -2.23. The van der Waals surface area contributed by atoms with Crippen LogP contribution in [0.15, 0.2) is 11.1 Å². The zero-order valence-corrected chi connectivity index (χ0v) is 7.48. The highest BCUT2D eigenvalue weighted by Gasteiger charge is 2.18. The molecule has 11 heavy (non-hydrogen) atoms. The summed E-state index contributed by atoms with van der Waals surface area (Å²) in [5.41, 5.74) is 2.32. The number of hydrogen-bond acceptors (Lipinski definition) is 1. The monoisotopic (exact) mass is 153 g/mol. The lowest BCUT2D eigenvalue weighted by molar-refractivity contribution is -0.124. The summed E-state index contributed by atoms with van der Waals surface area (Å²) in [6.07, 6.45) is 3.23. The Kier molecular flexibility index (Phi) is 2.32. The smallest absolute Gasteiger partial charge is 0.249 e. The van der Waals surface area contributed by atoms with E-state index in [9.17, 15) is 4.79 Å². The summed E-state index contributed by atoms with van der Waals surface area (Å²) < 4.78 is 0. The summed E-state index contributed by atoms with van der Waals surface area (Å²) in [6.45, 7) is 2.06. The first-order chi connectivity index (χ1) is 5.13. The van der Waals surface area contributed by atoms with Crippen LogP contribution in [0.1, 0.15) is 26.2 Å². The van der Waals surface area contributed by atoms with Crippen LogP contribution in [-0.4, -0.2) is 24.9 Å². The van der Waals surface area contributed by atoms with E-state index in [2.05, 4.69) is 6.92 Å². The average molecular weight is 153 g/mol. The molecule has 0 aliphatic heterocycles. The van der Waals surface area contributed by atoms with Gasteiger partial charge in [-0.15, -0.1) is 0 Å². The number of carbonyl (C=O) groups is 1. The molecular formula is C9H15NO. The normalized spacial score (nSPS) is 17.4. The van der Waals surface area contributed by atoms with Gasteiger partial charge in [0, 0.05) is 19.7 Å². The van der Waals surface area contributed by atoms with Crippen molar-refractivity contribution in [3.63, 3.8) is 0 Å². The molecule has 0 aromatic rings. The van der Waals surface area contributed by atoms with Crippen LogP contribution in [0.25, 0.3) is 0 Å². The van der Waals surface area contributed by atoms with Crippen molar-refractivity contribution in [3.8, 4) is 0 Å². The van der Waals surface area contributed by atoms with Gasteiger partial charge in [-0.3, -0.25) is 4.79 Å². The van der Waals surface area contributed by atoms with Crippen LogP contribution in [0.2, 0.25) is 0 Å². The van der Waals surface area contributed by atoms with Crippen LogP contribution < -0.4 is 0 Å². The molecule has 0 fully saturated rings. The predicted molar refractivity (Wildman–Crippen MR) is 45.2 cm³/mol. The molecule has 0 heterocycles. The Morgan fingerprint density at radius 1 is 1.36 bits per heavy atom. The number of carbonyl (C=O) groups excluding carboxylic acids is 1. The molecule has 2 heteroatoms. The number of likely N-dealkylation sites (N-methyl/N-ethyl adjacent to an activating group) is 1. The molecule has 0 bridgehead atoms. The quantitative estimate of drug-likeness (QED) is 0.560. The molecule has 0 atom stereocenters. The maximum Gasteiger partial charge on any atom is 0.249 e. The van der Waals surface area contributed by atoms with Crippen LogP contribution >= 0.6 is 0 Å². The first-order valence-electron chi connectivity index (χ1n) is 4.03. The second kappa shape index (κ2) is 3.07. The average Bonchev–Trinajstić information content (AvgIpc) is 2.33. The number of nitrogens with zero attached hydrogens (tertiary/aromatic N) is 1. The Bertz CT molecular complexity index is 204. The summed E-state index contributed by atoms with van der Waals surface area (Å²) in [5, 5.41) is 0. The van der Waals surface area contributed by atoms with Gasteiger partial charge in [0.15, 0.2) is 0 Å². The molecule has 2 nitrogen and oxygen atoms in total. The van der Waals surface area contributed by atoms with Crippen molar-refractivity contribution in [2.24, 2.45) is 0 Å². The van der Waals surface area contributed by atoms with E-state index in [0.29, 0.717) is 0 Å². The zero-order valence-electron chi connectivity index (χ0n) is 7.48. The first-order valence-corrected chi connectivity index (χ1v) is 4.03. The van der Waals surface area contributed by atoms with Gasteiger partial charge in [0.05, 0.1) is 0 Å². The Hall–Kier alpha value is -0.790. The molecule has 0 N–H and O–H groups in total. The van der Waals surface area contributed by atoms with E-state index in [0.717, 1.165) is 24.8 Å². The maximum atomic E-state index is 11.4. The third kappa shape index (κ3) is 1.62. The number of rotatable bonds is 1. The molecule has 62 valence electrons. The number of hydrogen-bond donors (Lipinski definition) is 0. The second-order valence-corrected chi connectivity index (χ2v) is 3.31. The molecule has 1 amide bonds. The predicted octanol–water partition coefficient (Wildman–Crippen LogP) is 1.58. The number of amides is 1. The van der Waals surface area contributed by atoms with Crippen molar-refractivity contribution in [3.05, 3.63) is 11.1 Å². The topological polar surface area (TPSA) is 20.3 Å². The van der Waals surface area contributed by atoms with E-state index >= 15 is 0 Å². The van der Waals surface area contributed by atoms with Crippen molar-refractivity contribution in [2.75, 3.05) is 14.1 Å². The van der Waals surface area contributed by atoms with E-state index in [1.807, 2.05) is 0 Å².